The Balaban J connectivity index is 1.57. The number of rotatable bonds is 6. The second kappa shape index (κ2) is 8.00. The van der Waals surface area contributed by atoms with Crippen LogP contribution in [0.5, 0.6) is 11.5 Å². The van der Waals surface area contributed by atoms with E-state index in [1.165, 1.54) is 3.57 Å². The van der Waals surface area contributed by atoms with E-state index in [1.807, 2.05) is 54.6 Å². The lowest BCUT2D eigenvalue weighted by molar-refractivity contribution is 0.0976. The molecule has 0 spiro atoms. The predicted octanol–water partition coefficient (Wildman–Crippen LogP) is 5.45. The molecule has 1 heterocycles. The van der Waals surface area contributed by atoms with Crippen molar-refractivity contribution in [3.05, 3.63) is 87.5 Å². The fourth-order valence-corrected chi connectivity index (χ4v) is 3.42. The molecule has 1 aliphatic rings. The van der Waals surface area contributed by atoms with Gasteiger partial charge in [0.2, 0.25) is 6.79 Å². The summed E-state index contributed by atoms with van der Waals surface area (Å²) in [6.07, 6.45) is 0.343. The summed E-state index contributed by atoms with van der Waals surface area (Å²) in [5, 5.41) is 3.50. The van der Waals surface area contributed by atoms with Crippen molar-refractivity contribution in [2.24, 2.45) is 0 Å². The van der Waals surface area contributed by atoms with E-state index in [9.17, 15) is 4.79 Å². The van der Waals surface area contributed by atoms with Crippen LogP contribution in [-0.4, -0.2) is 12.6 Å². The second-order valence-electron chi connectivity index (χ2n) is 6.31. The van der Waals surface area contributed by atoms with Gasteiger partial charge in [0.15, 0.2) is 17.3 Å². The van der Waals surface area contributed by atoms with E-state index in [-0.39, 0.29) is 18.6 Å². The maximum atomic E-state index is 12.9. The van der Waals surface area contributed by atoms with Gasteiger partial charge in [-0.15, -0.1) is 0 Å². The highest BCUT2D eigenvalue weighted by molar-refractivity contribution is 14.1. The Morgan fingerprint density at radius 3 is 2.48 bits per heavy atom. The smallest absolute Gasteiger partial charge is 0.231 e. The van der Waals surface area contributed by atoms with Crippen LogP contribution < -0.4 is 14.8 Å². The largest absolute Gasteiger partial charge is 0.454 e. The number of hydrogen-bond acceptors (Lipinski definition) is 4. The number of fused-ring (bicyclic) bond motifs is 1. The molecule has 136 valence electrons. The topological polar surface area (TPSA) is 47.6 Å². The maximum absolute atomic E-state index is 12.9. The Morgan fingerprint density at radius 2 is 1.70 bits per heavy atom. The first-order valence-electron chi connectivity index (χ1n) is 8.69. The average molecular weight is 471 g/mol. The molecule has 27 heavy (non-hydrogen) atoms. The number of ketones is 1. The zero-order valence-corrected chi connectivity index (χ0v) is 16.7. The Morgan fingerprint density at radius 1 is 0.963 bits per heavy atom. The van der Waals surface area contributed by atoms with E-state index in [0.29, 0.717) is 23.5 Å². The van der Waals surface area contributed by atoms with Gasteiger partial charge in [-0.1, -0.05) is 30.3 Å². The number of carbonyl (C=O) groups is 1. The minimum absolute atomic E-state index is 0.0557. The average Bonchev–Trinajstić information content (AvgIpc) is 3.17. The number of carbonyl (C=O) groups excluding carboxylic acids is 1. The van der Waals surface area contributed by atoms with Crippen molar-refractivity contribution in [2.45, 2.75) is 12.5 Å². The molecule has 1 aliphatic heterocycles. The number of ether oxygens (including phenoxy) is 2. The lowest BCUT2D eigenvalue weighted by Gasteiger charge is -2.20. The summed E-state index contributed by atoms with van der Waals surface area (Å²) in [6.45, 7) is 0.202. The van der Waals surface area contributed by atoms with Crippen LogP contribution in [0.1, 0.15) is 28.4 Å². The fraction of sp³-hybridized carbons (Fsp3) is 0.136. The van der Waals surface area contributed by atoms with Gasteiger partial charge in [0.1, 0.15) is 0 Å². The van der Waals surface area contributed by atoms with Gasteiger partial charge in [0.05, 0.1) is 6.04 Å². The van der Waals surface area contributed by atoms with Crippen LogP contribution >= 0.6 is 22.6 Å². The molecule has 0 saturated carbocycles. The third kappa shape index (κ3) is 4.24. The minimum Gasteiger partial charge on any atom is -0.454 e. The molecule has 1 atom stereocenters. The molecule has 0 radical (unpaired) electrons. The third-order valence-corrected chi connectivity index (χ3v) is 5.19. The molecule has 1 unspecified atom stereocenters. The van der Waals surface area contributed by atoms with Gasteiger partial charge >= 0.3 is 0 Å². The van der Waals surface area contributed by atoms with Gasteiger partial charge in [0.25, 0.3) is 0 Å². The van der Waals surface area contributed by atoms with Crippen LogP contribution in [0.4, 0.5) is 5.69 Å². The van der Waals surface area contributed by atoms with Crippen molar-refractivity contribution in [2.75, 3.05) is 12.1 Å². The van der Waals surface area contributed by atoms with Crippen LogP contribution in [0.2, 0.25) is 0 Å². The molecule has 1 N–H and O–H groups in total. The molecular formula is C22H18INO3. The first-order chi connectivity index (χ1) is 13.2. The van der Waals surface area contributed by atoms with Crippen LogP contribution in [0.3, 0.4) is 0 Å². The number of anilines is 1. The van der Waals surface area contributed by atoms with E-state index in [4.69, 9.17) is 9.47 Å². The Bertz CT molecular complexity index is 942. The van der Waals surface area contributed by atoms with Crippen molar-refractivity contribution >= 4 is 34.1 Å². The van der Waals surface area contributed by atoms with E-state index >= 15 is 0 Å². The number of nitrogens with one attached hydrogen (secondary N) is 1. The van der Waals surface area contributed by atoms with E-state index < -0.39 is 0 Å². The number of halogens is 1. The molecule has 0 amide bonds. The first kappa shape index (κ1) is 17.9. The summed E-state index contributed by atoms with van der Waals surface area (Å²) in [5.41, 5.74) is 2.69. The quantitative estimate of drug-likeness (QED) is 0.384. The van der Waals surface area contributed by atoms with Crippen LogP contribution in [-0.2, 0) is 0 Å². The summed E-state index contributed by atoms with van der Waals surface area (Å²) < 4.78 is 11.9. The molecule has 0 aromatic heterocycles. The molecule has 0 aliphatic carbocycles. The zero-order valence-electron chi connectivity index (χ0n) is 14.5. The summed E-state index contributed by atoms with van der Waals surface area (Å²) in [6, 6.07) is 23.4. The van der Waals surface area contributed by atoms with Crippen molar-refractivity contribution in [3.8, 4) is 11.5 Å². The maximum Gasteiger partial charge on any atom is 0.231 e. The molecule has 4 rings (SSSR count). The van der Waals surface area contributed by atoms with Gasteiger partial charge in [0, 0.05) is 21.2 Å². The Kier molecular flexibility index (Phi) is 5.29. The van der Waals surface area contributed by atoms with Crippen LogP contribution in [0.25, 0.3) is 0 Å². The molecule has 0 fully saturated rings. The molecule has 0 saturated heterocycles. The predicted molar refractivity (Wildman–Crippen MR) is 113 cm³/mol. The van der Waals surface area contributed by atoms with E-state index in [2.05, 4.69) is 27.9 Å². The van der Waals surface area contributed by atoms with Gasteiger partial charge in [-0.25, -0.2) is 0 Å². The highest BCUT2D eigenvalue weighted by atomic mass is 127. The molecule has 0 bridgehead atoms. The normalized spacial score (nSPS) is 13.2. The van der Waals surface area contributed by atoms with Crippen molar-refractivity contribution in [3.63, 3.8) is 0 Å². The minimum atomic E-state index is -0.121. The third-order valence-electron chi connectivity index (χ3n) is 4.47. The van der Waals surface area contributed by atoms with Crippen LogP contribution in [0.15, 0.2) is 72.8 Å². The van der Waals surface area contributed by atoms with Crippen molar-refractivity contribution in [1.29, 1.82) is 0 Å². The highest BCUT2D eigenvalue weighted by Gasteiger charge is 2.20. The fourth-order valence-electron chi connectivity index (χ4n) is 3.06. The van der Waals surface area contributed by atoms with Gasteiger partial charge in [-0.3, -0.25) is 4.79 Å². The van der Waals surface area contributed by atoms with Crippen molar-refractivity contribution in [1.82, 2.24) is 0 Å². The lowest BCUT2D eigenvalue weighted by Crippen LogP contribution is -2.15. The summed E-state index contributed by atoms with van der Waals surface area (Å²) in [5.74, 6) is 1.37. The number of benzene rings is 3. The summed E-state index contributed by atoms with van der Waals surface area (Å²) >= 11 is 2.28. The standard InChI is InChI=1S/C22H18INO3/c23-17-7-9-18(10-8-17)24-19(15-4-2-1-3-5-15)13-20(25)16-6-11-21-22(12-16)27-14-26-21/h1-12,19,24H,13-14H2. The second-order valence-corrected chi connectivity index (χ2v) is 7.56. The molecule has 3 aromatic carbocycles. The Hall–Kier alpha value is -2.54. The molecular weight excluding hydrogens is 453 g/mol. The van der Waals surface area contributed by atoms with E-state index in [1.54, 1.807) is 18.2 Å². The van der Waals surface area contributed by atoms with Crippen LogP contribution in [0, 0.1) is 3.57 Å². The first-order valence-corrected chi connectivity index (χ1v) is 9.77. The SMILES string of the molecule is O=C(CC(Nc1ccc(I)cc1)c1ccccc1)c1ccc2c(c1)OCO2. The monoisotopic (exact) mass is 471 g/mol. The summed E-state index contributed by atoms with van der Waals surface area (Å²) in [4.78, 5) is 12.9. The molecule has 4 nitrogen and oxygen atoms in total. The highest BCUT2D eigenvalue weighted by Crippen LogP contribution is 2.33. The lowest BCUT2D eigenvalue weighted by atomic mass is 9.97. The van der Waals surface area contributed by atoms with Gasteiger partial charge in [-0.2, -0.15) is 0 Å². The Labute approximate surface area is 171 Å². The number of Topliss-reactive ketones (excluding diaryl/α,β-unsaturated/α-hetero) is 1. The molecule has 3 aromatic rings. The summed E-state index contributed by atoms with van der Waals surface area (Å²) in [7, 11) is 0. The van der Waals surface area contributed by atoms with Gasteiger partial charge < -0.3 is 14.8 Å². The van der Waals surface area contributed by atoms with E-state index in [0.717, 1.165) is 11.3 Å². The van der Waals surface area contributed by atoms with Crippen molar-refractivity contribution < 1.29 is 14.3 Å². The zero-order chi connectivity index (χ0) is 18.6. The molecule has 5 heteroatoms. The number of hydrogen-bond donors (Lipinski definition) is 1. The van der Waals surface area contributed by atoms with Gasteiger partial charge in [-0.05, 0) is 70.6 Å².